The van der Waals surface area contributed by atoms with E-state index in [0.717, 1.165) is 7.11 Å². The number of carbonyl (C=O) groups excluding carboxylic acids is 1. The third kappa shape index (κ3) is 3.49. The third-order valence-corrected chi connectivity index (χ3v) is 4.47. The standard InChI is InChI=1S/C11H20N3O7P/c1-3-6-9(21-22(17,18)19-2)8(16)10(20-6)14-5-4-7(15)13-11(14)12/h4-6,8-11,16H,3,12H2,1-2H3,(H,13,15)(H,17,18)/t6-,8+,9?,10-,11?/m1/s1. The van der Waals surface area contributed by atoms with Gasteiger partial charge in [0.25, 0.3) is 0 Å². The Kier molecular flexibility index (Phi) is 5.23. The van der Waals surface area contributed by atoms with Gasteiger partial charge in [-0.2, -0.15) is 0 Å². The Balaban J connectivity index is 2.17. The highest BCUT2D eigenvalue weighted by atomic mass is 31.2. The van der Waals surface area contributed by atoms with Gasteiger partial charge in [0.15, 0.2) is 12.5 Å². The molecule has 2 aliphatic rings. The molecular formula is C11H20N3O7P. The summed E-state index contributed by atoms with van der Waals surface area (Å²) in [4.78, 5) is 22.0. The van der Waals surface area contributed by atoms with Crippen molar-refractivity contribution >= 4 is 13.7 Å². The molecule has 0 aliphatic carbocycles. The fraction of sp³-hybridized carbons (Fsp3) is 0.727. The number of nitrogens with zero attached hydrogens (tertiary/aromatic N) is 1. The van der Waals surface area contributed by atoms with Gasteiger partial charge in [-0.15, -0.1) is 0 Å². The van der Waals surface area contributed by atoms with Crippen LogP contribution >= 0.6 is 7.82 Å². The third-order valence-electron chi connectivity index (χ3n) is 3.50. The number of ether oxygens (including phenoxy) is 1. The van der Waals surface area contributed by atoms with Crippen molar-refractivity contribution in [3.8, 4) is 0 Å². The van der Waals surface area contributed by atoms with Gasteiger partial charge in [0.05, 0.1) is 6.10 Å². The quantitative estimate of drug-likeness (QED) is 0.455. The lowest BCUT2D eigenvalue weighted by molar-refractivity contribution is -0.125. The van der Waals surface area contributed by atoms with Crippen molar-refractivity contribution in [3.63, 3.8) is 0 Å². The Morgan fingerprint density at radius 3 is 2.82 bits per heavy atom. The molecule has 2 rings (SSSR count). The van der Waals surface area contributed by atoms with Gasteiger partial charge >= 0.3 is 7.82 Å². The van der Waals surface area contributed by atoms with Crippen LogP contribution in [0.4, 0.5) is 0 Å². The van der Waals surface area contributed by atoms with Gasteiger partial charge in [-0.1, -0.05) is 6.92 Å². The van der Waals surface area contributed by atoms with Crippen molar-refractivity contribution in [2.24, 2.45) is 5.73 Å². The Morgan fingerprint density at radius 2 is 2.27 bits per heavy atom. The first kappa shape index (κ1) is 17.4. The van der Waals surface area contributed by atoms with Crippen molar-refractivity contribution in [3.05, 3.63) is 12.3 Å². The molecule has 0 aromatic heterocycles. The first-order chi connectivity index (χ1) is 10.3. The van der Waals surface area contributed by atoms with Crippen LogP contribution in [0.15, 0.2) is 12.3 Å². The van der Waals surface area contributed by atoms with E-state index in [9.17, 15) is 19.4 Å². The summed E-state index contributed by atoms with van der Waals surface area (Å²) >= 11 is 0. The molecule has 1 saturated heterocycles. The average molecular weight is 337 g/mol. The molecule has 2 heterocycles. The molecule has 0 bridgehead atoms. The Hall–Kier alpha value is -1.00. The molecule has 0 saturated carbocycles. The zero-order valence-electron chi connectivity index (χ0n) is 12.2. The van der Waals surface area contributed by atoms with E-state index in [4.69, 9.17) is 15.0 Å². The molecule has 2 aliphatic heterocycles. The van der Waals surface area contributed by atoms with E-state index in [-0.39, 0.29) is 5.91 Å². The number of phosphoric ester groups is 1. The van der Waals surface area contributed by atoms with E-state index < -0.39 is 38.7 Å². The largest absolute Gasteiger partial charge is 0.472 e. The van der Waals surface area contributed by atoms with Crippen molar-refractivity contribution in [2.45, 2.75) is 44.2 Å². The second-order valence-electron chi connectivity index (χ2n) is 4.90. The van der Waals surface area contributed by atoms with Crippen molar-refractivity contribution < 1.29 is 33.1 Å². The lowest BCUT2D eigenvalue weighted by Gasteiger charge is -2.36. The number of aliphatic hydroxyl groups excluding tert-OH is 1. The van der Waals surface area contributed by atoms with Gasteiger partial charge < -0.3 is 25.0 Å². The second kappa shape index (κ2) is 6.63. The predicted octanol–water partition coefficient (Wildman–Crippen LogP) is -1.20. The lowest BCUT2D eigenvalue weighted by Crippen LogP contribution is -2.59. The first-order valence-corrected chi connectivity index (χ1v) is 8.20. The Morgan fingerprint density at radius 1 is 1.59 bits per heavy atom. The number of phosphoric acid groups is 1. The summed E-state index contributed by atoms with van der Waals surface area (Å²) in [5.41, 5.74) is 5.78. The van der Waals surface area contributed by atoms with Gasteiger partial charge in [-0.25, -0.2) is 4.57 Å². The Labute approximate surface area is 127 Å². The van der Waals surface area contributed by atoms with E-state index in [1.165, 1.54) is 17.2 Å². The molecule has 126 valence electrons. The van der Waals surface area contributed by atoms with Crippen LogP contribution in [0, 0.1) is 0 Å². The smallest absolute Gasteiger partial charge is 0.386 e. The fourth-order valence-electron chi connectivity index (χ4n) is 2.38. The van der Waals surface area contributed by atoms with Gasteiger partial charge in [0, 0.05) is 19.4 Å². The van der Waals surface area contributed by atoms with Gasteiger partial charge in [-0.05, 0) is 6.42 Å². The van der Waals surface area contributed by atoms with Crippen molar-refractivity contribution in [1.82, 2.24) is 10.2 Å². The maximum atomic E-state index is 11.6. The van der Waals surface area contributed by atoms with Crippen LogP contribution in [0.3, 0.4) is 0 Å². The minimum Gasteiger partial charge on any atom is -0.386 e. The molecular weight excluding hydrogens is 317 g/mol. The van der Waals surface area contributed by atoms with Crippen LogP contribution in [0.2, 0.25) is 0 Å². The molecule has 22 heavy (non-hydrogen) atoms. The molecule has 0 spiro atoms. The zero-order chi connectivity index (χ0) is 16.5. The van der Waals surface area contributed by atoms with Crippen molar-refractivity contribution in [1.29, 1.82) is 0 Å². The fourth-order valence-corrected chi connectivity index (χ4v) is 3.03. The molecule has 1 amide bonds. The van der Waals surface area contributed by atoms with Crippen LogP contribution in [-0.2, 0) is 23.1 Å². The molecule has 1 fully saturated rings. The van der Waals surface area contributed by atoms with E-state index in [0.29, 0.717) is 6.42 Å². The molecule has 11 heteroatoms. The summed E-state index contributed by atoms with van der Waals surface area (Å²) in [6.45, 7) is 1.78. The topological polar surface area (TPSA) is 144 Å². The molecule has 0 aromatic carbocycles. The van der Waals surface area contributed by atoms with Gasteiger partial charge in [0.2, 0.25) is 5.91 Å². The predicted molar refractivity (Wildman–Crippen MR) is 73.8 cm³/mol. The summed E-state index contributed by atoms with van der Waals surface area (Å²) < 4.78 is 26.6. The summed E-state index contributed by atoms with van der Waals surface area (Å²) in [6.07, 6.45) is -1.72. The molecule has 5 N–H and O–H groups in total. The molecule has 0 aromatic rings. The van der Waals surface area contributed by atoms with Gasteiger partial charge in [-0.3, -0.25) is 19.6 Å². The Bertz CT molecular complexity index is 502. The van der Waals surface area contributed by atoms with Crippen LogP contribution < -0.4 is 11.1 Å². The highest BCUT2D eigenvalue weighted by Crippen LogP contribution is 2.47. The monoisotopic (exact) mass is 337 g/mol. The summed E-state index contributed by atoms with van der Waals surface area (Å²) in [5.74, 6) is -0.365. The summed E-state index contributed by atoms with van der Waals surface area (Å²) in [5, 5.41) is 12.8. The van der Waals surface area contributed by atoms with E-state index in [2.05, 4.69) is 9.84 Å². The minimum atomic E-state index is -4.28. The number of carbonyl (C=O) groups is 1. The van der Waals surface area contributed by atoms with E-state index >= 15 is 0 Å². The summed E-state index contributed by atoms with van der Waals surface area (Å²) in [7, 11) is -3.25. The number of rotatable bonds is 5. The average Bonchev–Trinajstić information content (AvgIpc) is 2.76. The molecule has 3 unspecified atom stereocenters. The normalized spacial score (nSPS) is 38.0. The first-order valence-electron chi connectivity index (χ1n) is 6.71. The number of amides is 1. The van der Waals surface area contributed by atoms with Gasteiger partial charge in [0.1, 0.15) is 12.2 Å². The second-order valence-corrected chi connectivity index (χ2v) is 6.41. The molecule has 10 nitrogen and oxygen atoms in total. The van der Waals surface area contributed by atoms with E-state index in [1.807, 2.05) is 0 Å². The SMILES string of the molecule is CC[C@H]1O[C@@H](N2C=CC(=O)NC2N)[C@@H](O)C1OP(=O)(O)OC. The number of aliphatic hydroxyl groups is 1. The maximum Gasteiger partial charge on any atom is 0.472 e. The van der Waals surface area contributed by atoms with E-state index in [1.54, 1.807) is 6.92 Å². The summed E-state index contributed by atoms with van der Waals surface area (Å²) in [6, 6.07) is 0. The van der Waals surface area contributed by atoms with Crippen LogP contribution in [0.1, 0.15) is 13.3 Å². The molecule has 6 atom stereocenters. The molecule has 0 radical (unpaired) electrons. The lowest BCUT2D eigenvalue weighted by atomic mass is 10.1. The maximum absolute atomic E-state index is 11.6. The van der Waals surface area contributed by atoms with Crippen LogP contribution in [0.5, 0.6) is 0 Å². The number of nitrogens with two attached hydrogens (primary N) is 1. The number of nitrogens with one attached hydrogen (secondary N) is 1. The van der Waals surface area contributed by atoms with Crippen LogP contribution in [0.25, 0.3) is 0 Å². The minimum absolute atomic E-state index is 0.365. The number of hydrogen-bond donors (Lipinski definition) is 4. The van der Waals surface area contributed by atoms with Crippen LogP contribution in [-0.4, -0.2) is 58.7 Å². The van der Waals surface area contributed by atoms with Crippen molar-refractivity contribution in [2.75, 3.05) is 7.11 Å². The number of hydrogen-bond acceptors (Lipinski definition) is 8. The highest BCUT2D eigenvalue weighted by molar-refractivity contribution is 7.47. The zero-order valence-corrected chi connectivity index (χ0v) is 13.1. The highest BCUT2D eigenvalue weighted by Gasteiger charge is 2.49.